The van der Waals surface area contributed by atoms with Crippen LogP contribution < -0.4 is 5.32 Å². The average molecular weight is 277 g/mol. The van der Waals surface area contributed by atoms with Crippen LogP contribution in [0.15, 0.2) is 0 Å². The highest BCUT2D eigenvalue weighted by Gasteiger charge is 2.34. The normalized spacial score (nSPS) is 21.5. The molecule has 0 saturated carbocycles. The van der Waals surface area contributed by atoms with Crippen LogP contribution in [0.2, 0.25) is 0 Å². The van der Waals surface area contributed by atoms with E-state index < -0.39 is 6.04 Å². The summed E-state index contributed by atoms with van der Waals surface area (Å²) < 4.78 is 5.29. The van der Waals surface area contributed by atoms with Crippen molar-refractivity contribution in [2.45, 2.75) is 26.3 Å². The first-order valence-corrected chi connectivity index (χ1v) is 6.87. The summed E-state index contributed by atoms with van der Waals surface area (Å²) in [5.74, 6) is -0.234. The van der Waals surface area contributed by atoms with Crippen LogP contribution in [-0.4, -0.2) is 54.9 Å². The van der Waals surface area contributed by atoms with Crippen LogP contribution in [0.3, 0.4) is 0 Å². The maximum atomic E-state index is 12.1. The maximum absolute atomic E-state index is 12.1. The average Bonchev–Trinajstić information content (AvgIpc) is 2.43. The molecule has 1 saturated heterocycles. The lowest BCUT2D eigenvalue weighted by Crippen LogP contribution is -2.57. The summed E-state index contributed by atoms with van der Waals surface area (Å²) in [7, 11) is 0. The molecule has 0 aromatic carbocycles. The Bertz CT molecular complexity index is 299. The third kappa shape index (κ3) is 3.85. The minimum atomic E-state index is -0.525. The minimum Gasteiger partial charge on any atom is -0.377 e. The van der Waals surface area contributed by atoms with Gasteiger partial charge in [-0.3, -0.25) is 9.59 Å². The molecule has 2 unspecified atom stereocenters. The Balaban J connectivity index is 2.67. The number of hydrogen-bond donors (Lipinski definition) is 1. The molecule has 1 fully saturated rings. The number of alkyl halides is 1. The van der Waals surface area contributed by atoms with Crippen molar-refractivity contribution in [3.8, 4) is 0 Å². The van der Waals surface area contributed by atoms with E-state index in [1.54, 1.807) is 11.8 Å². The van der Waals surface area contributed by atoms with E-state index in [-0.39, 0.29) is 30.2 Å². The molecule has 0 aromatic rings. The Morgan fingerprint density at radius 2 is 2.28 bits per heavy atom. The van der Waals surface area contributed by atoms with E-state index in [1.165, 1.54) is 0 Å². The second-order valence-electron chi connectivity index (χ2n) is 4.47. The molecule has 5 nitrogen and oxygen atoms in total. The molecule has 1 heterocycles. The number of carbonyl (C=O) groups is 2. The van der Waals surface area contributed by atoms with Gasteiger partial charge in [0.05, 0.1) is 13.2 Å². The molecule has 0 aliphatic carbocycles. The van der Waals surface area contributed by atoms with Gasteiger partial charge in [0.15, 0.2) is 0 Å². The number of nitrogens with zero attached hydrogens (tertiary/aromatic N) is 1. The lowest BCUT2D eigenvalue weighted by molar-refractivity contribution is -0.150. The van der Waals surface area contributed by atoms with Gasteiger partial charge in [0, 0.05) is 24.9 Å². The van der Waals surface area contributed by atoms with E-state index in [4.69, 9.17) is 16.3 Å². The molecular weight excluding hydrogens is 256 g/mol. The van der Waals surface area contributed by atoms with Gasteiger partial charge >= 0.3 is 0 Å². The molecule has 104 valence electrons. The van der Waals surface area contributed by atoms with Crippen molar-refractivity contribution >= 4 is 23.4 Å². The van der Waals surface area contributed by atoms with Crippen molar-refractivity contribution in [3.05, 3.63) is 0 Å². The number of morpholine rings is 1. The van der Waals surface area contributed by atoms with Crippen LogP contribution >= 0.6 is 11.6 Å². The van der Waals surface area contributed by atoms with Gasteiger partial charge in [-0.2, -0.15) is 0 Å². The second kappa shape index (κ2) is 7.59. The van der Waals surface area contributed by atoms with Gasteiger partial charge in [0.1, 0.15) is 6.04 Å². The fourth-order valence-corrected chi connectivity index (χ4v) is 1.93. The maximum Gasteiger partial charge on any atom is 0.245 e. The van der Waals surface area contributed by atoms with Crippen molar-refractivity contribution in [1.82, 2.24) is 10.2 Å². The molecule has 2 amide bonds. The number of rotatable bonds is 5. The second-order valence-corrected chi connectivity index (χ2v) is 4.78. The summed E-state index contributed by atoms with van der Waals surface area (Å²) in [5, 5.41) is 2.80. The van der Waals surface area contributed by atoms with Crippen LogP contribution in [0, 0.1) is 5.92 Å². The highest BCUT2D eigenvalue weighted by molar-refractivity contribution is 6.19. The minimum absolute atomic E-state index is 0.0788. The van der Waals surface area contributed by atoms with Crippen molar-refractivity contribution in [2.24, 2.45) is 5.92 Å². The van der Waals surface area contributed by atoms with Crippen LogP contribution in [0.25, 0.3) is 0 Å². The highest BCUT2D eigenvalue weighted by Crippen LogP contribution is 2.13. The first kappa shape index (κ1) is 15.2. The number of ether oxygens (including phenoxy) is 1. The molecule has 0 spiro atoms. The zero-order valence-corrected chi connectivity index (χ0v) is 11.7. The molecule has 1 rings (SSSR count). The van der Waals surface area contributed by atoms with Gasteiger partial charge in [0.25, 0.3) is 0 Å². The standard InChI is InChI=1S/C12H21ClN2O3/c1-3-4-14-11(16)10-8-18-6-5-15(10)12(17)9(2)7-13/h9-10H,3-8H2,1-2H3,(H,14,16). The summed E-state index contributed by atoms with van der Waals surface area (Å²) in [6.07, 6.45) is 0.866. The lowest BCUT2D eigenvalue weighted by Gasteiger charge is -2.35. The third-order valence-electron chi connectivity index (χ3n) is 2.92. The fraction of sp³-hybridized carbons (Fsp3) is 0.833. The Labute approximate surface area is 113 Å². The SMILES string of the molecule is CCCNC(=O)C1COCCN1C(=O)C(C)CCl. The van der Waals surface area contributed by atoms with Gasteiger partial charge in [-0.1, -0.05) is 13.8 Å². The van der Waals surface area contributed by atoms with E-state index in [0.29, 0.717) is 19.7 Å². The molecule has 1 aliphatic rings. The number of amides is 2. The summed E-state index contributed by atoms with van der Waals surface area (Å²) in [4.78, 5) is 25.7. The Morgan fingerprint density at radius 3 is 2.89 bits per heavy atom. The van der Waals surface area contributed by atoms with Crippen LogP contribution in [0.1, 0.15) is 20.3 Å². The summed E-state index contributed by atoms with van der Waals surface area (Å²) >= 11 is 5.70. The monoisotopic (exact) mass is 276 g/mol. The highest BCUT2D eigenvalue weighted by atomic mass is 35.5. The quantitative estimate of drug-likeness (QED) is 0.749. The number of halogens is 1. The first-order chi connectivity index (χ1) is 8.61. The largest absolute Gasteiger partial charge is 0.377 e. The summed E-state index contributed by atoms with van der Waals surface area (Å²) in [5.41, 5.74) is 0. The molecule has 1 aliphatic heterocycles. The Hall–Kier alpha value is -0.810. The van der Waals surface area contributed by atoms with E-state index in [2.05, 4.69) is 5.32 Å². The number of hydrogen-bond acceptors (Lipinski definition) is 3. The predicted octanol–water partition coefficient (Wildman–Crippen LogP) is 0.615. The molecule has 2 atom stereocenters. The third-order valence-corrected chi connectivity index (χ3v) is 3.38. The molecule has 0 bridgehead atoms. The van der Waals surface area contributed by atoms with Gasteiger partial charge < -0.3 is 15.0 Å². The smallest absolute Gasteiger partial charge is 0.245 e. The topological polar surface area (TPSA) is 58.6 Å². The van der Waals surface area contributed by atoms with E-state index in [1.807, 2.05) is 6.92 Å². The molecule has 0 radical (unpaired) electrons. The van der Waals surface area contributed by atoms with Gasteiger partial charge in [0.2, 0.25) is 11.8 Å². The van der Waals surface area contributed by atoms with Gasteiger partial charge in [-0.25, -0.2) is 0 Å². The molecule has 6 heteroatoms. The van der Waals surface area contributed by atoms with Crippen LogP contribution in [0.5, 0.6) is 0 Å². The van der Waals surface area contributed by atoms with E-state index in [0.717, 1.165) is 6.42 Å². The van der Waals surface area contributed by atoms with Crippen LogP contribution in [0.4, 0.5) is 0 Å². The number of nitrogens with one attached hydrogen (secondary N) is 1. The zero-order valence-electron chi connectivity index (χ0n) is 10.9. The van der Waals surface area contributed by atoms with E-state index >= 15 is 0 Å². The van der Waals surface area contributed by atoms with Crippen molar-refractivity contribution in [1.29, 1.82) is 0 Å². The van der Waals surface area contributed by atoms with Crippen molar-refractivity contribution in [2.75, 3.05) is 32.2 Å². The van der Waals surface area contributed by atoms with Crippen LogP contribution in [-0.2, 0) is 14.3 Å². The zero-order chi connectivity index (χ0) is 13.5. The van der Waals surface area contributed by atoms with E-state index in [9.17, 15) is 9.59 Å². The summed E-state index contributed by atoms with van der Waals surface area (Å²) in [6, 6.07) is -0.525. The van der Waals surface area contributed by atoms with Gasteiger partial charge in [-0.05, 0) is 6.42 Å². The molecule has 1 N–H and O–H groups in total. The lowest BCUT2D eigenvalue weighted by atomic mass is 10.1. The molecule has 0 aromatic heterocycles. The number of carbonyl (C=O) groups excluding carboxylic acids is 2. The van der Waals surface area contributed by atoms with Crippen molar-refractivity contribution < 1.29 is 14.3 Å². The Kier molecular flexibility index (Phi) is 6.43. The molecule has 18 heavy (non-hydrogen) atoms. The molecular formula is C12H21ClN2O3. The fourth-order valence-electron chi connectivity index (χ4n) is 1.80. The summed E-state index contributed by atoms with van der Waals surface area (Å²) in [6.45, 7) is 5.54. The van der Waals surface area contributed by atoms with Gasteiger partial charge in [-0.15, -0.1) is 11.6 Å². The predicted molar refractivity (Wildman–Crippen MR) is 69.5 cm³/mol. The first-order valence-electron chi connectivity index (χ1n) is 6.33. The Morgan fingerprint density at radius 1 is 1.56 bits per heavy atom. The van der Waals surface area contributed by atoms with Crippen molar-refractivity contribution in [3.63, 3.8) is 0 Å².